The minimum atomic E-state index is -0.422. The van der Waals surface area contributed by atoms with Gasteiger partial charge in [0.05, 0.1) is 0 Å². The first-order valence-electron chi connectivity index (χ1n) is 7.52. The number of carbonyl (C=O) groups is 1. The third-order valence-corrected chi connectivity index (χ3v) is 3.61. The standard InChI is InChI=1S/C19H20ClNO2/c1-15(17-10-5-11-18(20)13-17)7-6-12-21-19(22)23-14-16-8-3-2-4-9-16/h2-11,13,15H,12,14H2,1H3,(H,21,22)/b7-6-. The molecule has 120 valence electrons. The van der Waals surface area contributed by atoms with Gasteiger partial charge in [-0.3, -0.25) is 0 Å². The van der Waals surface area contributed by atoms with E-state index < -0.39 is 6.09 Å². The number of rotatable bonds is 6. The lowest BCUT2D eigenvalue weighted by Gasteiger charge is -2.08. The van der Waals surface area contributed by atoms with Crippen molar-refractivity contribution in [2.24, 2.45) is 0 Å². The van der Waals surface area contributed by atoms with Crippen molar-refractivity contribution in [3.05, 3.63) is 82.9 Å². The summed E-state index contributed by atoms with van der Waals surface area (Å²) in [7, 11) is 0. The van der Waals surface area contributed by atoms with Crippen molar-refractivity contribution in [1.82, 2.24) is 5.32 Å². The highest BCUT2D eigenvalue weighted by atomic mass is 35.5. The van der Waals surface area contributed by atoms with Gasteiger partial charge in [-0.25, -0.2) is 4.79 Å². The number of ether oxygens (including phenoxy) is 1. The van der Waals surface area contributed by atoms with Gasteiger partial charge in [-0.2, -0.15) is 0 Å². The van der Waals surface area contributed by atoms with Crippen LogP contribution in [0.3, 0.4) is 0 Å². The average molecular weight is 330 g/mol. The van der Waals surface area contributed by atoms with E-state index in [-0.39, 0.29) is 12.5 Å². The van der Waals surface area contributed by atoms with E-state index in [0.717, 1.165) is 16.1 Å². The summed E-state index contributed by atoms with van der Waals surface area (Å²) in [6, 6.07) is 17.3. The molecule has 0 saturated heterocycles. The van der Waals surface area contributed by atoms with Crippen molar-refractivity contribution in [3.8, 4) is 0 Å². The molecule has 2 aromatic rings. The monoisotopic (exact) mass is 329 g/mol. The maximum absolute atomic E-state index is 11.6. The molecule has 1 N–H and O–H groups in total. The number of carbonyl (C=O) groups excluding carboxylic acids is 1. The Morgan fingerprint density at radius 1 is 1.22 bits per heavy atom. The first kappa shape index (κ1) is 17.1. The topological polar surface area (TPSA) is 38.3 Å². The molecule has 1 unspecified atom stereocenters. The molecule has 0 fully saturated rings. The molecule has 1 atom stereocenters. The molecule has 3 nitrogen and oxygen atoms in total. The second-order valence-corrected chi connectivity index (χ2v) is 5.65. The SMILES string of the molecule is CC(/C=C\CNC(=O)OCc1ccccc1)c1cccc(Cl)c1. The summed E-state index contributed by atoms with van der Waals surface area (Å²) in [5.74, 6) is 0.232. The molecule has 0 bridgehead atoms. The van der Waals surface area contributed by atoms with Gasteiger partial charge in [0.25, 0.3) is 0 Å². The van der Waals surface area contributed by atoms with E-state index in [1.54, 1.807) is 0 Å². The average Bonchev–Trinajstić information content (AvgIpc) is 2.57. The lowest BCUT2D eigenvalue weighted by molar-refractivity contribution is 0.140. The van der Waals surface area contributed by atoms with E-state index in [9.17, 15) is 4.79 Å². The van der Waals surface area contributed by atoms with Crippen molar-refractivity contribution in [2.75, 3.05) is 6.54 Å². The normalized spacial score (nSPS) is 12.1. The van der Waals surface area contributed by atoms with Gasteiger partial charge in [0.15, 0.2) is 0 Å². The Bertz CT molecular complexity index is 655. The van der Waals surface area contributed by atoms with Crippen molar-refractivity contribution >= 4 is 17.7 Å². The molecule has 0 saturated carbocycles. The second-order valence-electron chi connectivity index (χ2n) is 5.21. The van der Waals surface area contributed by atoms with E-state index >= 15 is 0 Å². The smallest absolute Gasteiger partial charge is 0.407 e. The fourth-order valence-corrected chi connectivity index (χ4v) is 2.29. The Kier molecular flexibility index (Phi) is 6.70. The third-order valence-electron chi connectivity index (χ3n) is 3.38. The molecule has 0 radical (unpaired) electrons. The van der Waals surface area contributed by atoms with Crippen molar-refractivity contribution in [3.63, 3.8) is 0 Å². The molecule has 1 amide bonds. The highest BCUT2D eigenvalue weighted by Crippen LogP contribution is 2.20. The fourth-order valence-electron chi connectivity index (χ4n) is 2.09. The quantitative estimate of drug-likeness (QED) is 0.763. The molecule has 4 heteroatoms. The summed E-state index contributed by atoms with van der Waals surface area (Å²) in [4.78, 5) is 11.6. The van der Waals surface area contributed by atoms with Crippen molar-refractivity contribution < 1.29 is 9.53 Å². The van der Waals surface area contributed by atoms with Crippen LogP contribution in [0.4, 0.5) is 4.79 Å². The van der Waals surface area contributed by atoms with Crippen LogP contribution in [0.5, 0.6) is 0 Å². The maximum Gasteiger partial charge on any atom is 0.407 e. The Hall–Kier alpha value is -2.26. The lowest BCUT2D eigenvalue weighted by Crippen LogP contribution is -2.24. The Morgan fingerprint density at radius 3 is 2.74 bits per heavy atom. The van der Waals surface area contributed by atoms with Gasteiger partial charge < -0.3 is 10.1 Å². The zero-order valence-electron chi connectivity index (χ0n) is 13.0. The summed E-state index contributed by atoms with van der Waals surface area (Å²) < 4.78 is 5.13. The van der Waals surface area contributed by atoms with Gasteiger partial charge in [0.1, 0.15) is 6.61 Å². The highest BCUT2D eigenvalue weighted by molar-refractivity contribution is 6.30. The fraction of sp³-hybridized carbons (Fsp3) is 0.211. The number of nitrogens with one attached hydrogen (secondary N) is 1. The summed E-state index contributed by atoms with van der Waals surface area (Å²) in [6.45, 7) is 2.78. The summed E-state index contributed by atoms with van der Waals surface area (Å²) in [5.41, 5.74) is 2.10. The van der Waals surface area contributed by atoms with Gasteiger partial charge in [-0.15, -0.1) is 0 Å². The molecule has 0 aromatic heterocycles. The van der Waals surface area contributed by atoms with E-state index in [0.29, 0.717) is 6.54 Å². The molecule has 0 aliphatic rings. The minimum Gasteiger partial charge on any atom is -0.445 e. The Balaban J connectivity index is 1.70. The number of benzene rings is 2. The molecule has 0 aliphatic heterocycles. The van der Waals surface area contributed by atoms with E-state index in [4.69, 9.17) is 16.3 Å². The third kappa shape index (κ3) is 6.17. The van der Waals surface area contributed by atoms with Gasteiger partial charge in [0.2, 0.25) is 0 Å². The zero-order chi connectivity index (χ0) is 16.5. The van der Waals surface area contributed by atoms with Crippen LogP contribution in [-0.4, -0.2) is 12.6 Å². The zero-order valence-corrected chi connectivity index (χ0v) is 13.8. The largest absolute Gasteiger partial charge is 0.445 e. The molecule has 2 rings (SSSR count). The predicted molar refractivity (Wildman–Crippen MR) is 93.6 cm³/mol. The molecular weight excluding hydrogens is 310 g/mol. The lowest BCUT2D eigenvalue weighted by atomic mass is 10.0. The number of allylic oxidation sites excluding steroid dienone is 1. The Morgan fingerprint density at radius 2 is 2.00 bits per heavy atom. The maximum atomic E-state index is 11.6. The molecule has 2 aromatic carbocycles. The first-order chi connectivity index (χ1) is 11.1. The number of hydrogen-bond donors (Lipinski definition) is 1. The van der Waals surface area contributed by atoms with Gasteiger partial charge in [-0.1, -0.05) is 73.1 Å². The van der Waals surface area contributed by atoms with Crippen LogP contribution in [0.2, 0.25) is 5.02 Å². The van der Waals surface area contributed by atoms with Gasteiger partial charge in [-0.05, 0) is 29.2 Å². The number of amides is 1. The molecule has 0 heterocycles. The first-order valence-corrected chi connectivity index (χ1v) is 7.89. The van der Waals surface area contributed by atoms with Crippen LogP contribution in [0.25, 0.3) is 0 Å². The minimum absolute atomic E-state index is 0.232. The van der Waals surface area contributed by atoms with E-state index in [2.05, 4.69) is 12.2 Å². The molecular formula is C19H20ClNO2. The summed E-state index contributed by atoms with van der Waals surface area (Å²) >= 11 is 5.98. The van der Waals surface area contributed by atoms with Crippen LogP contribution in [0.1, 0.15) is 24.0 Å². The van der Waals surface area contributed by atoms with Gasteiger partial charge >= 0.3 is 6.09 Å². The molecule has 0 aliphatic carbocycles. The summed E-state index contributed by atoms with van der Waals surface area (Å²) in [5, 5.41) is 3.42. The van der Waals surface area contributed by atoms with Crippen molar-refractivity contribution in [1.29, 1.82) is 0 Å². The number of alkyl carbamates (subject to hydrolysis) is 1. The van der Waals surface area contributed by atoms with Crippen LogP contribution in [0, 0.1) is 0 Å². The van der Waals surface area contributed by atoms with Crippen molar-refractivity contribution in [2.45, 2.75) is 19.4 Å². The van der Waals surface area contributed by atoms with Crippen LogP contribution >= 0.6 is 11.6 Å². The van der Waals surface area contributed by atoms with Crippen LogP contribution in [-0.2, 0) is 11.3 Å². The number of halogens is 1. The van der Waals surface area contributed by atoms with Crippen LogP contribution < -0.4 is 5.32 Å². The van der Waals surface area contributed by atoms with Crippen LogP contribution in [0.15, 0.2) is 66.7 Å². The highest BCUT2D eigenvalue weighted by Gasteiger charge is 2.03. The number of hydrogen-bond acceptors (Lipinski definition) is 2. The summed E-state index contributed by atoms with van der Waals surface area (Å²) in [6.07, 6.45) is 3.52. The second kappa shape index (κ2) is 9.01. The van der Waals surface area contributed by atoms with Gasteiger partial charge in [0, 0.05) is 11.6 Å². The van der Waals surface area contributed by atoms with E-state index in [1.807, 2.05) is 66.7 Å². The molecule has 23 heavy (non-hydrogen) atoms. The predicted octanol–water partition coefficient (Wildman–Crippen LogP) is 4.93. The molecule has 0 spiro atoms. The Labute approximate surface area is 141 Å². The van der Waals surface area contributed by atoms with E-state index in [1.165, 1.54) is 0 Å².